The van der Waals surface area contributed by atoms with Gasteiger partial charge in [0.2, 0.25) is 14.9 Å². The topological polar surface area (TPSA) is 79.6 Å². The number of benzene rings is 2. The van der Waals surface area contributed by atoms with Crippen molar-refractivity contribution in [2.24, 2.45) is 0 Å². The minimum Gasteiger partial charge on any atom is -0.439 e. The lowest BCUT2D eigenvalue weighted by Crippen LogP contribution is -2.40. The molecule has 2 aromatic carbocycles. The van der Waals surface area contributed by atoms with Gasteiger partial charge in [0.15, 0.2) is 5.76 Å². The Balaban J connectivity index is 1.48. The second-order valence-corrected chi connectivity index (χ2v) is 10.5. The van der Waals surface area contributed by atoms with E-state index >= 15 is 0 Å². The van der Waals surface area contributed by atoms with Gasteiger partial charge in [0.1, 0.15) is 0 Å². The average molecular weight is 467 g/mol. The third-order valence-electron chi connectivity index (χ3n) is 6.15. The fraction of sp³-hybridized carbons (Fsp3) is 0.346. The van der Waals surface area contributed by atoms with Gasteiger partial charge in [-0.05, 0) is 69.6 Å². The van der Waals surface area contributed by atoms with Crippen molar-refractivity contribution in [2.75, 3.05) is 19.6 Å². The van der Waals surface area contributed by atoms with E-state index in [1.54, 1.807) is 12.1 Å². The Morgan fingerprint density at radius 1 is 0.909 bits per heavy atom. The highest BCUT2D eigenvalue weighted by molar-refractivity contribution is 7.91. The molecule has 3 aromatic rings. The third-order valence-corrected chi connectivity index (χ3v) is 7.79. The Hall–Kier alpha value is -2.90. The van der Waals surface area contributed by atoms with Crippen LogP contribution in [0.25, 0.3) is 0 Å². The lowest BCUT2D eigenvalue weighted by molar-refractivity contribution is 0.0892. The number of carbonyl (C=O) groups is 1. The second-order valence-electron chi connectivity index (χ2n) is 8.67. The molecule has 4 rings (SSSR count). The zero-order chi connectivity index (χ0) is 23.4. The molecule has 1 aliphatic rings. The summed E-state index contributed by atoms with van der Waals surface area (Å²) in [6.07, 6.45) is 3.53. The molecule has 174 valence electrons. The highest BCUT2D eigenvalue weighted by Crippen LogP contribution is 2.26. The molecule has 1 aliphatic heterocycles. The number of nitrogens with one attached hydrogen (secondary N) is 1. The number of nitrogens with zero attached hydrogens (tertiary/aromatic N) is 1. The largest absolute Gasteiger partial charge is 0.439 e. The number of piperidine rings is 1. The van der Waals surface area contributed by atoms with Crippen LogP contribution in [0.4, 0.5) is 0 Å². The minimum absolute atomic E-state index is 0.0120. The molecule has 1 aromatic heterocycles. The summed E-state index contributed by atoms with van der Waals surface area (Å²) in [6, 6.07) is 17.7. The first-order valence-electron chi connectivity index (χ1n) is 11.3. The molecule has 1 atom stereocenters. The summed E-state index contributed by atoms with van der Waals surface area (Å²) < 4.78 is 31.1. The predicted molar refractivity (Wildman–Crippen MR) is 127 cm³/mol. The maximum Gasteiger partial charge on any atom is 0.287 e. The molecular formula is C26H30N2O4S. The number of aryl methyl sites for hydroxylation is 2. The molecule has 1 fully saturated rings. The molecule has 1 unspecified atom stereocenters. The van der Waals surface area contributed by atoms with Crippen LogP contribution in [0.2, 0.25) is 0 Å². The molecular weight excluding hydrogens is 436 g/mol. The van der Waals surface area contributed by atoms with Crippen molar-refractivity contribution in [3.63, 3.8) is 0 Å². The molecule has 33 heavy (non-hydrogen) atoms. The molecule has 0 radical (unpaired) electrons. The van der Waals surface area contributed by atoms with E-state index < -0.39 is 15.7 Å². The van der Waals surface area contributed by atoms with E-state index in [1.165, 1.54) is 36.2 Å². The Bertz CT molecular complexity index is 1190. The van der Waals surface area contributed by atoms with Crippen molar-refractivity contribution in [3.8, 4) is 0 Å². The molecule has 1 amide bonds. The van der Waals surface area contributed by atoms with Crippen LogP contribution >= 0.6 is 0 Å². The van der Waals surface area contributed by atoms with Crippen molar-refractivity contribution in [1.82, 2.24) is 10.2 Å². The Morgan fingerprint density at radius 3 is 2.15 bits per heavy atom. The zero-order valence-electron chi connectivity index (χ0n) is 19.1. The van der Waals surface area contributed by atoms with Crippen molar-refractivity contribution in [1.29, 1.82) is 0 Å². The van der Waals surface area contributed by atoms with E-state index in [2.05, 4.69) is 41.4 Å². The van der Waals surface area contributed by atoms with Crippen molar-refractivity contribution in [3.05, 3.63) is 83.1 Å². The second kappa shape index (κ2) is 9.93. The van der Waals surface area contributed by atoms with E-state index in [1.807, 2.05) is 6.92 Å². The minimum atomic E-state index is -3.82. The van der Waals surface area contributed by atoms with Crippen LogP contribution in [0.1, 0.15) is 52.5 Å². The van der Waals surface area contributed by atoms with Crippen molar-refractivity contribution >= 4 is 15.7 Å². The molecule has 6 nitrogen and oxygen atoms in total. The molecule has 0 saturated carbocycles. The number of carbonyl (C=O) groups excluding carboxylic acids is 1. The summed E-state index contributed by atoms with van der Waals surface area (Å²) >= 11 is 0. The number of hydrogen-bond acceptors (Lipinski definition) is 5. The van der Waals surface area contributed by atoms with E-state index in [9.17, 15) is 13.2 Å². The van der Waals surface area contributed by atoms with E-state index in [0.717, 1.165) is 37.1 Å². The number of amides is 1. The van der Waals surface area contributed by atoms with Crippen LogP contribution in [-0.4, -0.2) is 38.9 Å². The standard InChI is InChI=1S/C26H30N2O4S/c1-19-6-10-21(11-7-19)23(28-16-4-3-5-17-28)18-27-26(29)24-14-15-25(32-24)33(30,31)22-12-8-20(2)9-13-22/h6-15,23H,3-5,16-18H2,1-2H3,(H,27,29). The molecule has 1 N–H and O–H groups in total. The first-order chi connectivity index (χ1) is 15.8. The summed E-state index contributed by atoms with van der Waals surface area (Å²) in [5, 5.41) is 2.72. The van der Waals surface area contributed by atoms with Crippen LogP contribution in [0.5, 0.6) is 0 Å². The number of hydrogen-bond donors (Lipinski definition) is 1. The van der Waals surface area contributed by atoms with Crippen molar-refractivity contribution < 1.29 is 17.6 Å². The summed E-state index contributed by atoms with van der Waals surface area (Å²) in [5.74, 6) is -0.434. The first kappa shape index (κ1) is 23.3. The van der Waals surface area contributed by atoms with Gasteiger partial charge >= 0.3 is 0 Å². The molecule has 7 heteroatoms. The summed E-state index contributed by atoms with van der Waals surface area (Å²) in [4.78, 5) is 15.4. The van der Waals surface area contributed by atoms with Gasteiger partial charge in [-0.2, -0.15) is 0 Å². The predicted octanol–water partition coefficient (Wildman–Crippen LogP) is 4.69. The third kappa shape index (κ3) is 5.37. The lowest BCUT2D eigenvalue weighted by Gasteiger charge is -2.35. The monoisotopic (exact) mass is 466 g/mol. The normalized spacial score (nSPS) is 15.8. The molecule has 1 saturated heterocycles. The Morgan fingerprint density at radius 2 is 1.52 bits per heavy atom. The lowest BCUT2D eigenvalue weighted by atomic mass is 10.0. The smallest absolute Gasteiger partial charge is 0.287 e. The van der Waals surface area contributed by atoms with Gasteiger partial charge in [-0.3, -0.25) is 9.69 Å². The van der Waals surface area contributed by atoms with Gasteiger partial charge in [-0.15, -0.1) is 0 Å². The number of sulfone groups is 1. The fourth-order valence-corrected chi connectivity index (χ4v) is 5.35. The number of furan rings is 1. The summed E-state index contributed by atoms with van der Waals surface area (Å²) in [5.41, 5.74) is 3.31. The fourth-order valence-electron chi connectivity index (χ4n) is 4.17. The van der Waals surface area contributed by atoms with Crippen LogP contribution in [0, 0.1) is 13.8 Å². The maximum atomic E-state index is 12.8. The van der Waals surface area contributed by atoms with E-state index in [0.29, 0.717) is 6.54 Å². The molecule has 2 heterocycles. The first-order valence-corrected chi connectivity index (χ1v) is 12.8. The van der Waals surface area contributed by atoms with Crippen LogP contribution < -0.4 is 5.32 Å². The Kier molecular flexibility index (Phi) is 7.00. The summed E-state index contributed by atoms with van der Waals surface area (Å²) in [6.45, 7) is 6.35. The molecule has 0 bridgehead atoms. The van der Waals surface area contributed by atoms with Gasteiger partial charge in [-0.1, -0.05) is 53.9 Å². The Labute approximate surface area is 195 Å². The van der Waals surface area contributed by atoms with Gasteiger partial charge in [0.25, 0.3) is 5.91 Å². The highest BCUT2D eigenvalue weighted by Gasteiger charge is 2.26. The highest BCUT2D eigenvalue weighted by atomic mass is 32.2. The van der Waals surface area contributed by atoms with Crippen LogP contribution in [-0.2, 0) is 9.84 Å². The van der Waals surface area contributed by atoms with Gasteiger partial charge < -0.3 is 9.73 Å². The maximum absolute atomic E-state index is 12.8. The molecule has 0 aliphatic carbocycles. The SMILES string of the molecule is Cc1ccc(C(CNC(=O)c2ccc(S(=O)(=O)c3ccc(C)cc3)o2)N2CCCCC2)cc1. The van der Waals surface area contributed by atoms with Crippen LogP contribution in [0.3, 0.4) is 0 Å². The van der Waals surface area contributed by atoms with Gasteiger partial charge in [0.05, 0.1) is 10.9 Å². The summed E-state index contributed by atoms with van der Waals surface area (Å²) in [7, 11) is -3.82. The van der Waals surface area contributed by atoms with E-state index in [4.69, 9.17) is 4.42 Å². The number of likely N-dealkylation sites (tertiary alicyclic amines) is 1. The van der Waals surface area contributed by atoms with E-state index in [-0.39, 0.29) is 21.8 Å². The average Bonchev–Trinajstić information content (AvgIpc) is 3.33. The van der Waals surface area contributed by atoms with Gasteiger partial charge in [0, 0.05) is 6.54 Å². The van der Waals surface area contributed by atoms with Crippen molar-refractivity contribution in [2.45, 2.75) is 49.1 Å². The quantitative estimate of drug-likeness (QED) is 0.547. The van der Waals surface area contributed by atoms with Crippen LogP contribution in [0.15, 0.2) is 75.1 Å². The van der Waals surface area contributed by atoms with Gasteiger partial charge in [-0.25, -0.2) is 8.42 Å². The number of rotatable bonds is 7. The zero-order valence-corrected chi connectivity index (χ0v) is 19.9. The molecule has 0 spiro atoms.